The van der Waals surface area contributed by atoms with Gasteiger partial charge in [0.25, 0.3) is 11.6 Å². The summed E-state index contributed by atoms with van der Waals surface area (Å²) in [6.45, 7) is 0.204. The van der Waals surface area contributed by atoms with Crippen LogP contribution in [0.1, 0.15) is 26.8 Å². The number of Topliss-reactive ketones (excluding diaryl/α,β-unsaturated/α-hetero) is 1. The fourth-order valence-electron chi connectivity index (χ4n) is 4.51. The van der Waals surface area contributed by atoms with E-state index >= 15 is 0 Å². The second kappa shape index (κ2) is 9.31. The van der Waals surface area contributed by atoms with Gasteiger partial charge in [-0.2, -0.15) is 0 Å². The summed E-state index contributed by atoms with van der Waals surface area (Å²) < 4.78 is 5.33. The molecule has 5 rings (SSSR count). The Kier molecular flexibility index (Phi) is 6.03. The number of amides is 1. The van der Waals surface area contributed by atoms with Gasteiger partial charge in [0.2, 0.25) is 5.78 Å². The summed E-state index contributed by atoms with van der Waals surface area (Å²) >= 11 is 1.21. The quantitative estimate of drug-likeness (QED) is 0.199. The maximum atomic E-state index is 13.3. The average Bonchev–Trinajstić information content (AvgIpc) is 3.62. The number of hydrogen-bond donors (Lipinski definition) is 2. The summed E-state index contributed by atoms with van der Waals surface area (Å²) in [6.07, 6.45) is 2.30. The first kappa shape index (κ1) is 23.3. The molecule has 2 N–H and O–H groups in total. The smallest absolute Gasteiger partial charge is 0.290 e. The molecular formula is C26H21N3O6S. The summed E-state index contributed by atoms with van der Waals surface area (Å²) in [5.41, 5.74) is 2.22. The van der Waals surface area contributed by atoms with Crippen LogP contribution in [-0.2, 0) is 11.2 Å². The zero-order valence-electron chi connectivity index (χ0n) is 19.1. The molecule has 4 aromatic rings. The van der Waals surface area contributed by atoms with Crippen molar-refractivity contribution < 1.29 is 24.4 Å². The van der Waals surface area contributed by atoms with Gasteiger partial charge in [0.1, 0.15) is 5.75 Å². The van der Waals surface area contributed by atoms with Crippen molar-refractivity contribution in [2.75, 3.05) is 13.7 Å². The van der Waals surface area contributed by atoms with Crippen molar-refractivity contribution in [2.45, 2.75) is 12.5 Å². The highest BCUT2D eigenvalue weighted by Crippen LogP contribution is 2.40. The first-order chi connectivity index (χ1) is 17.4. The number of H-pyrrole nitrogens is 1. The number of methoxy groups -OCH3 is 1. The Morgan fingerprint density at radius 3 is 2.67 bits per heavy atom. The molecule has 0 saturated carbocycles. The van der Waals surface area contributed by atoms with E-state index < -0.39 is 28.4 Å². The lowest BCUT2D eigenvalue weighted by molar-refractivity contribution is -0.384. The standard InChI is InChI=1S/C26H21N3O6S/c1-35-18-8-9-20-19(13-18)16(14-27-20)10-11-28-23(15-4-6-17(7-5-15)29(33)34)22(25(31)26(28)32)24(30)21-3-2-12-36-21/h2-9,12-14,23,27,31H,10-11H2,1H3/t23-/m0/s1. The highest BCUT2D eigenvalue weighted by molar-refractivity contribution is 7.12. The van der Waals surface area contributed by atoms with Crippen molar-refractivity contribution in [1.82, 2.24) is 9.88 Å². The third-order valence-electron chi connectivity index (χ3n) is 6.31. The fraction of sp³-hybridized carbons (Fsp3) is 0.154. The SMILES string of the molecule is COc1ccc2[nH]cc(CCN3C(=O)C(O)=C(C(=O)c4cccs4)[C@@H]3c3ccc([N+](=O)[O-])cc3)c2c1. The molecule has 182 valence electrons. The number of nitro benzene ring substituents is 1. The van der Waals surface area contributed by atoms with Crippen LogP contribution in [-0.4, -0.2) is 45.3 Å². The van der Waals surface area contributed by atoms with Gasteiger partial charge >= 0.3 is 0 Å². The molecule has 2 aromatic carbocycles. The number of hydrogen-bond acceptors (Lipinski definition) is 7. The van der Waals surface area contributed by atoms with Crippen LogP contribution in [0.2, 0.25) is 0 Å². The van der Waals surface area contributed by atoms with Crippen LogP contribution in [0, 0.1) is 10.1 Å². The normalized spacial score (nSPS) is 15.6. The van der Waals surface area contributed by atoms with Crippen molar-refractivity contribution in [3.8, 4) is 5.75 Å². The number of ketones is 1. The number of aromatic nitrogens is 1. The van der Waals surface area contributed by atoms with Crippen molar-refractivity contribution in [1.29, 1.82) is 0 Å². The first-order valence-corrected chi connectivity index (χ1v) is 12.0. The summed E-state index contributed by atoms with van der Waals surface area (Å²) in [5, 5.41) is 24.6. The number of nitrogens with zero attached hydrogens (tertiary/aromatic N) is 2. The van der Waals surface area contributed by atoms with Gasteiger partial charge in [-0.3, -0.25) is 19.7 Å². The number of aromatic amines is 1. The van der Waals surface area contributed by atoms with E-state index in [4.69, 9.17) is 4.74 Å². The Hall–Kier alpha value is -4.44. The predicted molar refractivity (Wildman–Crippen MR) is 134 cm³/mol. The lowest BCUT2D eigenvalue weighted by Gasteiger charge is -2.26. The van der Waals surface area contributed by atoms with E-state index in [9.17, 15) is 24.8 Å². The number of benzene rings is 2. The number of rotatable bonds is 8. The van der Waals surface area contributed by atoms with Crippen LogP contribution in [0.4, 0.5) is 5.69 Å². The molecule has 2 aromatic heterocycles. The van der Waals surface area contributed by atoms with Crippen LogP contribution in [0.25, 0.3) is 10.9 Å². The van der Waals surface area contributed by atoms with E-state index in [2.05, 4.69) is 4.98 Å². The lowest BCUT2D eigenvalue weighted by atomic mass is 9.95. The number of ether oxygens (including phenoxy) is 1. The highest BCUT2D eigenvalue weighted by atomic mass is 32.1. The van der Waals surface area contributed by atoms with Crippen molar-refractivity contribution in [2.24, 2.45) is 0 Å². The molecule has 3 heterocycles. The lowest BCUT2D eigenvalue weighted by Crippen LogP contribution is -2.33. The van der Waals surface area contributed by atoms with E-state index in [1.54, 1.807) is 24.6 Å². The molecular weight excluding hydrogens is 482 g/mol. The molecule has 0 saturated heterocycles. The molecule has 0 fully saturated rings. The zero-order chi connectivity index (χ0) is 25.4. The van der Waals surface area contributed by atoms with Gasteiger partial charge < -0.3 is 19.7 Å². The van der Waals surface area contributed by atoms with Crippen LogP contribution in [0.3, 0.4) is 0 Å². The fourth-order valence-corrected chi connectivity index (χ4v) is 5.19. The number of nitro groups is 1. The number of thiophene rings is 1. The minimum atomic E-state index is -0.882. The van der Waals surface area contributed by atoms with Gasteiger partial charge in [-0.25, -0.2) is 0 Å². The molecule has 1 amide bonds. The Bertz CT molecular complexity index is 1500. The molecule has 0 radical (unpaired) electrons. The third kappa shape index (κ3) is 4.01. The van der Waals surface area contributed by atoms with Gasteiger partial charge in [-0.05, 0) is 59.3 Å². The third-order valence-corrected chi connectivity index (χ3v) is 7.18. The Balaban J connectivity index is 1.51. The van der Waals surface area contributed by atoms with Gasteiger partial charge in [0.15, 0.2) is 5.76 Å². The zero-order valence-corrected chi connectivity index (χ0v) is 20.0. The Morgan fingerprint density at radius 1 is 1.22 bits per heavy atom. The van der Waals surface area contributed by atoms with Gasteiger partial charge in [-0.15, -0.1) is 11.3 Å². The van der Waals surface area contributed by atoms with Crippen LogP contribution in [0.15, 0.2) is 77.5 Å². The largest absolute Gasteiger partial charge is 0.503 e. The molecule has 9 nitrogen and oxygen atoms in total. The molecule has 0 unspecified atom stereocenters. The molecule has 0 bridgehead atoms. The van der Waals surface area contributed by atoms with Crippen molar-refractivity contribution in [3.63, 3.8) is 0 Å². The van der Waals surface area contributed by atoms with Gasteiger partial charge in [0.05, 0.1) is 28.5 Å². The molecule has 0 spiro atoms. The Morgan fingerprint density at radius 2 is 2.00 bits per heavy atom. The number of carbonyl (C=O) groups excluding carboxylic acids is 2. The topological polar surface area (TPSA) is 126 Å². The number of carbonyl (C=O) groups is 2. The van der Waals surface area contributed by atoms with Crippen LogP contribution < -0.4 is 4.74 Å². The number of nitrogens with one attached hydrogen (secondary N) is 1. The van der Waals surface area contributed by atoms with E-state index in [1.165, 1.54) is 40.5 Å². The van der Waals surface area contributed by atoms with Gasteiger partial charge in [-0.1, -0.05) is 6.07 Å². The van der Waals surface area contributed by atoms with E-state index in [-0.39, 0.29) is 17.8 Å². The summed E-state index contributed by atoms with van der Waals surface area (Å²) in [6, 6.07) is 13.8. The molecule has 0 aliphatic carbocycles. The predicted octanol–water partition coefficient (Wildman–Crippen LogP) is 4.97. The number of aliphatic hydroxyl groups excluding tert-OH is 1. The summed E-state index contributed by atoms with van der Waals surface area (Å²) in [4.78, 5) is 42.2. The van der Waals surface area contributed by atoms with Crippen molar-refractivity contribution >= 4 is 39.6 Å². The molecule has 1 aliphatic rings. The number of non-ortho nitro benzene ring substituents is 1. The summed E-state index contributed by atoms with van der Waals surface area (Å²) in [7, 11) is 1.59. The molecule has 1 aliphatic heterocycles. The minimum absolute atomic E-state index is 0.0306. The van der Waals surface area contributed by atoms with Gasteiger partial charge in [0, 0.05) is 35.8 Å². The Labute approximate surface area is 209 Å². The second-order valence-corrected chi connectivity index (χ2v) is 9.24. The monoisotopic (exact) mass is 503 g/mol. The number of aliphatic hydroxyl groups is 1. The minimum Gasteiger partial charge on any atom is -0.503 e. The maximum absolute atomic E-state index is 13.3. The number of fused-ring (bicyclic) bond motifs is 1. The van der Waals surface area contributed by atoms with E-state index in [1.807, 2.05) is 24.4 Å². The summed E-state index contributed by atoms with van der Waals surface area (Å²) in [5.74, 6) is -1.00. The average molecular weight is 504 g/mol. The van der Waals surface area contributed by atoms with Crippen LogP contribution >= 0.6 is 11.3 Å². The second-order valence-electron chi connectivity index (χ2n) is 8.29. The molecule has 1 atom stereocenters. The first-order valence-electron chi connectivity index (χ1n) is 11.1. The maximum Gasteiger partial charge on any atom is 0.290 e. The molecule has 10 heteroatoms. The molecule has 36 heavy (non-hydrogen) atoms. The highest BCUT2D eigenvalue weighted by Gasteiger charge is 2.43. The van der Waals surface area contributed by atoms with E-state index in [0.717, 1.165) is 16.5 Å². The van der Waals surface area contributed by atoms with Crippen LogP contribution in [0.5, 0.6) is 5.75 Å². The van der Waals surface area contributed by atoms with Crippen molar-refractivity contribution in [3.05, 3.63) is 104 Å². The van der Waals surface area contributed by atoms with E-state index in [0.29, 0.717) is 22.6 Å².